The van der Waals surface area contributed by atoms with E-state index in [2.05, 4.69) is 50.6 Å². The minimum atomic E-state index is 0.0695. The van der Waals surface area contributed by atoms with Crippen LogP contribution in [0.5, 0.6) is 5.75 Å². The number of carbonyl (C=O) groups is 1. The number of hydrogen-bond donors (Lipinski definition) is 1. The molecule has 0 amide bonds. The highest BCUT2D eigenvalue weighted by atomic mass is 32.1. The summed E-state index contributed by atoms with van der Waals surface area (Å²) in [6.07, 6.45) is 2.24. The highest BCUT2D eigenvalue weighted by Crippen LogP contribution is 2.31. The van der Waals surface area contributed by atoms with Crippen LogP contribution in [0.4, 0.5) is 0 Å². The molecule has 0 saturated heterocycles. The Bertz CT molecular complexity index is 999. The lowest BCUT2D eigenvalue weighted by Crippen LogP contribution is -2.45. The molecule has 1 atom stereocenters. The molecule has 176 valence electrons. The van der Waals surface area contributed by atoms with Gasteiger partial charge in [-0.2, -0.15) is 0 Å². The first-order valence-electron chi connectivity index (χ1n) is 11.8. The van der Waals surface area contributed by atoms with Gasteiger partial charge in [-0.25, -0.2) is 0 Å². The molecule has 3 aromatic rings. The number of nitrogens with one attached hydrogen (secondary N) is 1. The molecule has 0 spiro atoms. The molecule has 0 aliphatic rings. The van der Waals surface area contributed by atoms with Crippen LogP contribution in [0.25, 0.3) is 10.2 Å². The molecule has 2 heterocycles. The van der Waals surface area contributed by atoms with Crippen molar-refractivity contribution >= 4 is 27.3 Å². The van der Waals surface area contributed by atoms with Gasteiger partial charge in [-0.15, -0.1) is 11.3 Å². The minimum absolute atomic E-state index is 0.0695. The third kappa shape index (κ3) is 6.02. The summed E-state index contributed by atoms with van der Waals surface area (Å²) in [5.41, 5.74) is 2.09. The molecule has 3 rings (SSSR count). The average Bonchev–Trinajstić information content (AvgIpc) is 3.34. The summed E-state index contributed by atoms with van der Waals surface area (Å²) >= 11 is 1.59. The van der Waals surface area contributed by atoms with E-state index in [1.54, 1.807) is 18.4 Å². The van der Waals surface area contributed by atoms with Crippen molar-refractivity contribution in [3.8, 4) is 5.75 Å². The topological polar surface area (TPSA) is 43.3 Å². The number of methoxy groups -OCH3 is 1. The van der Waals surface area contributed by atoms with Crippen LogP contribution < -0.4 is 10.1 Å². The Kier molecular flexibility index (Phi) is 9.53. The Labute approximate surface area is 198 Å². The predicted octanol–water partition coefficient (Wildman–Crippen LogP) is 7.08. The molecule has 0 aliphatic carbocycles. The summed E-state index contributed by atoms with van der Waals surface area (Å²) in [4.78, 5) is 14.9. The van der Waals surface area contributed by atoms with Crippen molar-refractivity contribution in [1.82, 2.24) is 9.88 Å². The maximum atomic E-state index is 12.9. The monoisotopic (exact) mass is 456 g/mol. The Morgan fingerprint density at radius 2 is 1.84 bits per heavy atom. The molecule has 1 unspecified atom stereocenters. The van der Waals surface area contributed by atoms with Crippen molar-refractivity contribution in [2.45, 2.75) is 73.4 Å². The van der Waals surface area contributed by atoms with Gasteiger partial charge < -0.3 is 14.6 Å². The van der Waals surface area contributed by atoms with Crippen molar-refractivity contribution in [3.05, 3.63) is 52.5 Å². The van der Waals surface area contributed by atoms with Crippen LogP contribution in [0, 0.1) is 12.8 Å². The van der Waals surface area contributed by atoms with E-state index in [0.717, 1.165) is 35.5 Å². The third-order valence-corrected chi connectivity index (χ3v) is 7.51. The van der Waals surface area contributed by atoms with E-state index in [-0.39, 0.29) is 11.3 Å². The van der Waals surface area contributed by atoms with Crippen molar-refractivity contribution in [2.75, 3.05) is 13.7 Å². The first kappa shape index (κ1) is 26.1. The summed E-state index contributed by atoms with van der Waals surface area (Å²) in [5, 5.41) is 4.87. The molecule has 4 nitrogen and oxygen atoms in total. The lowest BCUT2D eigenvalue weighted by atomic mass is 9.87. The Morgan fingerprint density at radius 1 is 1.19 bits per heavy atom. The summed E-state index contributed by atoms with van der Waals surface area (Å²) in [5.74, 6) is 1.47. The molecule has 1 aromatic carbocycles. The number of benzene rings is 1. The van der Waals surface area contributed by atoms with Crippen molar-refractivity contribution < 1.29 is 9.53 Å². The molecule has 2 aromatic heterocycles. The largest absolute Gasteiger partial charge is 0.497 e. The van der Waals surface area contributed by atoms with Gasteiger partial charge in [-0.05, 0) is 76.1 Å². The summed E-state index contributed by atoms with van der Waals surface area (Å²) in [6, 6.07) is 11.5. The first-order valence-corrected chi connectivity index (χ1v) is 12.6. The highest BCUT2D eigenvalue weighted by Gasteiger charge is 2.23. The van der Waals surface area contributed by atoms with Crippen LogP contribution in [0.15, 0.2) is 36.4 Å². The fraction of sp³-hybridized carbons (Fsp3) is 0.519. The third-order valence-electron chi connectivity index (χ3n) is 6.33. The number of fused-ring (bicyclic) bond motifs is 1. The molecule has 0 radical (unpaired) electrons. The Hall–Kier alpha value is -2.11. The number of thiophene rings is 1. The molecular formula is C27H40N2O2S. The van der Waals surface area contributed by atoms with E-state index in [9.17, 15) is 4.79 Å². The van der Waals surface area contributed by atoms with E-state index in [1.165, 1.54) is 16.9 Å². The van der Waals surface area contributed by atoms with Crippen LogP contribution in [0.3, 0.4) is 0 Å². The van der Waals surface area contributed by atoms with Gasteiger partial charge >= 0.3 is 0 Å². The SMILES string of the molecule is CC.CCC(C)C(C)(C)NCCCn1c(C)cc2cc(C(=O)c3ccc(OC)cc3)sc21. The minimum Gasteiger partial charge on any atom is -0.497 e. The molecule has 5 heteroatoms. The standard InChI is InChI=1S/C25H34N2O2S.C2H6/c1-7-17(2)25(4,5)26-13-8-14-27-18(3)15-20-16-22(30-24(20)27)23(28)19-9-11-21(29-6)12-10-19;1-2/h9-12,15-17,26H,7-8,13-14H2,1-6H3;1-2H3. The second kappa shape index (κ2) is 11.7. The number of hydrogen-bond acceptors (Lipinski definition) is 4. The van der Waals surface area contributed by atoms with Gasteiger partial charge in [0.2, 0.25) is 5.78 Å². The summed E-state index contributed by atoms with van der Waals surface area (Å²) in [6.45, 7) is 17.2. The van der Waals surface area contributed by atoms with E-state index in [0.29, 0.717) is 11.5 Å². The van der Waals surface area contributed by atoms with E-state index in [4.69, 9.17) is 4.74 Å². The molecule has 0 aliphatic heterocycles. The maximum Gasteiger partial charge on any atom is 0.203 e. The lowest BCUT2D eigenvalue weighted by Gasteiger charge is -2.32. The molecule has 0 bridgehead atoms. The number of aromatic nitrogens is 1. The fourth-order valence-electron chi connectivity index (χ4n) is 3.78. The quantitative estimate of drug-likeness (QED) is 0.262. The van der Waals surface area contributed by atoms with Crippen molar-refractivity contribution in [1.29, 1.82) is 0 Å². The molecule has 0 fully saturated rings. The van der Waals surface area contributed by atoms with Gasteiger partial charge in [-0.1, -0.05) is 34.1 Å². The van der Waals surface area contributed by atoms with Crippen LogP contribution >= 0.6 is 11.3 Å². The second-order valence-electron chi connectivity index (χ2n) is 8.68. The highest BCUT2D eigenvalue weighted by molar-refractivity contribution is 7.20. The molecular weight excluding hydrogens is 416 g/mol. The number of aryl methyl sites for hydroxylation is 2. The number of ether oxygens (including phenoxy) is 1. The predicted molar refractivity (Wildman–Crippen MR) is 138 cm³/mol. The Balaban J connectivity index is 0.00000176. The second-order valence-corrected chi connectivity index (χ2v) is 9.71. The van der Waals surface area contributed by atoms with E-state index in [1.807, 2.05) is 44.2 Å². The van der Waals surface area contributed by atoms with E-state index >= 15 is 0 Å². The normalized spacial score (nSPS) is 12.4. The first-order chi connectivity index (χ1) is 15.3. The van der Waals surface area contributed by atoms with E-state index < -0.39 is 0 Å². The fourth-order valence-corrected chi connectivity index (χ4v) is 4.97. The molecule has 0 saturated carbocycles. The number of carbonyl (C=O) groups excluding carboxylic acids is 1. The van der Waals surface area contributed by atoms with Crippen LogP contribution in [0.2, 0.25) is 0 Å². The van der Waals surface area contributed by atoms with Gasteiger partial charge in [-0.3, -0.25) is 4.79 Å². The smallest absolute Gasteiger partial charge is 0.203 e. The molecule has 1 N–H and O–H groups in total. The van der Waals surface area contributed by atoms with Gasteiger partial charge in [0.15, 0.2) is 0 Å². The lowest BCUT2D eigenvalue weighted by molar-refractivity contribution is 0.104. The van der Waals surface area contributed by atoms with Crippen LogP contribution in [-0.4, -0.2) is 29.5 Å². The van der Waals surface area contributed by atoms with Crippen LogP contribution in [0.1, 0.15) is 75.3 Å². The number of ketones is 1. The maximum absolute atomic E-state index is 12.9. The van der Waals surface area contributed by atoms with Crippen molar-refractivity contribution in [2.24, 2.45) is 5.92 Å². The molecule has 32 heavy (non-hydrogen) atoms. The zero-order valence-electron chi connectivity index (χ0n) is 21.0. The number of nitrogens with zero attached hydrogens (tertiary/aromatic N) is 1. The summed E-state index contributed by atoms with van der Waals surface area (Å²) < 4.78 is 7.54. The van der Waals surface area contributed by atoms with Gasteiger partial charge in [0, 0.05) is 28.7 Å². The van der Waals surface area contributed by atoms with Crippen LogP contribution in [-0.2, 0) is 6.54 Å². The van der Waals surface area contributed by atoms with Gasteiger partial charge in [0.25, 0.3) is 0 Å². The zero-order chi connectivity index (χ0) is 23.9. The summed E-state index contributed by atoms with van der Waals surface area (Å²) in [7, 11) is 1.63. The Morgan fingerprint density at radius 3 is 2.44 bits per heavy atom. The van der Waals surface area contributed by atoms with Gasteiger partial charge in [0.05, 0.1) is 12.0 Å². The zero-order valence-corrected chi connectivity index (χ0v) is 21.9. The van der Waals surface area contributed by atoms with Crippen molar-refractivity contribution in [3.63, 3.8) is 0 Å². The number of rotatable bonds is 10. The average molecular weight is 457 g/mol. The van der Waals surface area contributed by atoms with Gasteiger partial charge in [0.1, 0.15) is 10.6 Å².